The highest BCUT2D eigenvalue weighted by Gasteiger charge is 2.46. The summed E-state index contributed by atoms with van der Waals surface area (Å²) in [6.45, 7) is 11.9. The van der Waals surface area contributed by atoms with Crippen molar-refractivity contribution in [1.82, 2.24) is 5.06 Å². The van der Waals surface area contributed by atoms with Crippen LogP contribution in [0.5, 0.6) is 0 Å². The van der Waals surface area contributed by atoms with E-state index in [2.05, 4.69) is 6.07 Å². The third-order valence-corrected chi connectivity index (χ3v) is 2.49. The minimum Gasteiger partial charge on any atom is -0.368 e. The topological polar surface area (TPSA) is 65.7 Å². The van der Waals surface area contributed by atoms with E-state index in [1.807, 2.05) is 41.5 Å². The number of nitriles is 1. The van der Waals surface area contributed by atoms with Gasteiger partial charge in [-0.15, -0.1) is 0 Å². The molecule has 0 radical (unpaired) electrons. The highest BCUT2D eigenvalue weighted by atomic mass is 16.6. The van der Waals surface area contributed by atoms with E-state index >= 15 is 0 Å². The largest absolute Gasteiger partial charge is 0.368 e. The minimum absolute atomic E-state index is 0.288. The maximum atomic E-state index is 9.77. The Kier molecular flexibility index (Phi) is 4.39. The van der Waals surface area contributed by atoms with Gasteiger partial charge in [0.25, 0.3) is 0 Å². The lowest BCUT2D eigenvalue weighted by Gasteiger charge is -2.32. The van der Waals surface area contributed by atoms with E-state index in [1.165, 1.54) is 0 Å². The highest BCUT2D eigenvalue weighted by Crippen LogP contribution is 2.28. The van der Waals surface area contributed by atoms with Crippen LogP contribution in [0, 0.1) is 11.3 Å². The Bertz CT molecular complexity index is 325. The van der Waals surface area contributed by atoms with Crippen molar-refractivity contribution in [1.29, 1.82) is 5.26 Å². The Labute approximate surface area is 109 Å². The van der Waals surface area contributed by atoms with Crippen molar-refractivity contribution >= 4 is 0 Å². The molecule has 18 heavy (non-hydrogen) atoms. The molecule has 1 fully saturated rings. The quantitative estimate of drug-likeness (QED) is 0.818. The number of ether oxygens (including phenoxy) is 2. The van der Waals surface area contributed by atoms with Crippen molar-refractivity contribution in [2.24, 2.45) is 0 Å². The van der Waals surface area contributed by atoms with Gasteiger partial charge in [0, 0.05) is 0 Å². The van der Waals surface area contributed by atoms with Gasteiger partial charge in [0.15, 0.2) is 6.04 Å². The Morgan fingerprint density at radius 2 is 1.61 bits per heavy atom. The number of rotatable bonds is 2. The molecule has 1 aliphatic rings. The molecule has 0 saturated carbocycles. The van der Waals surface area contributed by atoms with Crippen molar-refractivity contribution in [3.05, 3.63) is 0 Å². The SMILES string of the molecule is CC(C)(C)O[C@@H]1[C@@H](OC(C)(C)C)CN(O)[C@H]1C#N. The van der Waals surface area contributed by atoms with Crippen LogP contribution < -0.4 is 0 Å². The van der Waals surface area contributed by atoms with E-state index < -0.39 is 12.1 Å². The molecule has 1 N–H and O–H groups in total. The minimum atomic E-state index is -0.684. The summed E-state index contributed by atoms with van der Waals surface area (Å²) < 4.78 is 11.8. The second-order valence-corrected chi connectivity index (χ2v) is 6.66. The molecule has 0 aromatic rings. The molecule has 0 aromatic carbocycles. The Morgan fingerprint density at radius 1 is 1.11 bits per heavy atom. The van der Waals surface area contributed by atoms with Crippen LogP contribution >= 0.6 is 0 Å². The van der Waals surface area contributed by atoms with E-state index in [4.69, 9.17) is 14.7 Å². The summed E-state index contributed by atoms with van der Waals surface area (Å²) in [6.07, 6.45) is -0.752. The molecule has 3 atom stereocenters. The second kappa shape index (κ2) is 5.14. The first-order valence-electron chi connectivity index (χ1n) is 6.24. The zero-order chi connectivity index (χ0) is 14.1. The van der Waals surface area contributed by atoms with Gasteiger partial charge in [-0.05, 0) is 41.5 Å². The average molecular weight is 256 g/mol. The smallest absolute Gasteiger partial charge is 0.150 e. The summed E-state index contributed by atoms with van der Waals surface area (Å²) in [7, 11) is 0. The van der Waals surface area contributed by atoms with Crippen LogP contribution in [0.3, 0.4) is 0 Å². The summed E-state index contributed by atoms with van der Waals surface area (Å²) >= 11 is 0. The van der Waals surface area contributed by atoms with Crippen LogP contribution in [0.2, 0.25) is 0 Å². The fraction of sp³-hybridized carbons (Fsp3) is 0.923. The first-order valence-corrected chi connectivity index (χ1v) is 6.24. The molecule has 5 heteroatoms. The molecular weight excluding hydrogens is 232 g/mol. The fourth-order valence-corrected chi connectivity index (χ4v) is 2.02. The lowest BCUT2D eigenvalue weighted by atomic mass is 10.1. The van der Waals surface area contributed by atoms with Crippen LogP contribution in [0.4, 0.5) is 0 Å². The third kappa shape index (κ3) is 4.21. The Hall–Kier alpha value is -0.670. The van der Waals surface area contributed by atoms with E-state index in [1.54, 1.807) is 0 Å². The number of nitrogens with zero attached hydrogens (tertiary/aromatic N) is 2. The number of hydroxylamine groups is 2. The number of hydrogen-bond donors (Lipinski definition) is 1. The van der Waals surface area contributed by atoms with Crippen LogP contribution in [0.15, 0.2) is 0 Å². The molecule has 5 nitrogen and oxygen atoms in total. The third-order valence-electron chi connectivity index (χ3n) is 2.49. The molecule has 104 valence electrons. The van der Waals surface area contributed by atoms with Crippen molar-refractivity contribution in [2.45, 2.75) is 71.0 Å². The monoisotopic (exact) mass is 256 g/mol. The van der Waals surface area contributed by atoms with Gasteiger partial charge in [0.05, 0.1) is 23.8 Å². The van der Waals surface area contributed by atoms with E-state index in [9.17, 15) is 5.21 Å². The summed E-state index contributed by atoms with van der Waals surface area (Å²) in [5.41, 5.74) is -0.722. The van der Waals surface area contributed by atoms with E-state index in [0.29, 0.717) is 0 Å². The molecule has 0 bridgehead atoms. The molecule has 0 aliphatic carbocycles. The Balaban J connectivity index is 2.86. The highest BCUT2D eigenvalue weighted by molar-refractivity contribution is 5.05. The molecule has 1 heterocycles. The lowest BCUT2D eigenvalue weighted by Crippen LogP contribution is -2.43. The maximum absolute atomic E-state index is 9.77. The molecule has 1 saturated heterocycles. The zero-order valence-electron chi connectivity index (χ0n) is 12.1. The first-order chi connectivity index (χ1) is 8.03. The predicted octanol–water partition coefficient (Wildman–Crippen LogP) is 1.95. The molecule has 0 aromatic heterocycles. The lowest BCUT2D eigenvalue weighted by molar-refractivity contribution is -0.149. The summed E-state index contributed by atoms with van der Waals surface area (Å²) in [6, 6.07) is 1.39. The van der Waals surface area contributed by atoms with Gasteiger partial charge in [-0.25, -0.2) is 0 Å². The average Bonchev–Trinajstić information content (AvgIpc) is 2.37. The van der Waals surface area contributed by atoms with Gasteiger partial charge in [-0.2, -0.15) is 10.3 Å². The molecule has 0 spiro atoms. The second-order valence-electron chi connectivity index (χ2n) is 6.66. The Morgan fingerprint density at radius 3 is 2.00 bits per heavy atom. The van der Waals surface area contributed by atoms with Crippen molar-refractivity contribution < 1.29 is 14.7 Å². The van der Waals surface area contributed by atoms with Gasteiger partial charge in [-0.1, -0.05) is 0 Å². The normalized spacial score (nSPS) is 30.4. The van der Waals surface area contributed by atoms with E-state index in [0.717, 1.165) is 5.06 Å². The van der Waals surface area contributed by atoms with Crippen LogP contribution in [0.25, 0.3) is 0 Å². The van der Waals surface area contributed by atoms with Gasteiger partial charge >= 0.3 is 0 Å². The summed E-state index contributed by atoms with van der Waals surface area (Å²) in [4.78, 5) is 0. The molecule has 1 rings (SSSR count). The standard InChI is InChI=1S/C13H24N2O3/c1-12(2,3)17-10-8-15(16)9(7-14)11(10)18-13(4,5)6/h9-11,16H,8H2,1-6H3/t9-,10-,11-/m0/s1. The molecule has 0 unspecified atom stereocenters. The van der Waals surface area contributed by atoms with Gasteiger partial charge < -0.3 is 14.7 Å². The van der Waals surface area contributed by atoms with Crippen LogP contribution in [-0.2, 0) is 9.47 Å². The van der Waals surface area contributed by atoms with Crippen molar-refractivity contribution in [3.8, 4) is 6.07 Å². The number of hydrogen-bond acceptors (Lipinski definition) is 5. The van der Waals surface area contributed by atoms with Crippen molar-refractivity contribution in [2.75, 3.05) is 6.54 Å². The van der Waals surface area contributed by atoms with E-state index in [-0.39, 0.29) is 23.9 Å². The summed E-state index contributed by atoms with van der Waals surface area (Å²) in [5, 5.41) is 19.9. The predicted molar refractivity (Wildman–Crippen MR) is 67.1 cm³/mol. The molecule has 1 aliphatic heterocycles. The fourth-order valence-electron chi connectivity index (χ4n) is 2.02. The zero-order valence-corrected chi connectivity index (χ0v) is 12.1. The van der Waals surface area contributed by atoms with Gasteiger partial charge in [-0.3, -0.25) is 0 Å². The van der Waals surface area contributed by atoms with Crippen LogP contribution in [-0.4, -0.2) is 46.3 Å². The molecule has 0 amide bonds. The van der Waals surface area contributed by atoms with Gasteiger partial charge in [0.1, 0.15) is 12.2 Å². The molecular formula is C13H24N2O3. The summed E-state index contributed by atoms with van der Waals surface area (Å²) in [5.74, 6) is 0. The maximum Gasteiger partial charge on any atom is 0.150 e. The van der Waals surface area contributed by atoms with Crippen molar-refractivity contribution in [3.63, 3.8) is 0 Å². The first kappa shape index (κ1) is 15.4. The van der Waals surface area contributed by atoms with Crippen LogP contribution in [0.1, 0.15) is 41.5 Å². The van der Waals surface area contributed by atoms with Gasteiger partial charge in [0.2, 0.25) is 0 Å².